The van der Waals surface area contributed by atoms with Gasteiger partial charge in [0, 0.05) is 5.56 Å². The van der Waals surface area contributed by atoms with Gasteiger partial charge in [0.05, 0.1) is 17.2 Å². The van der Waals surface area contributed by atoms with Crippen LogP contribution >= 0.6 is 23.2 Å². The summed E-state index contributed by atoms with van der Waals surface area (Å²) in [5.74, 6) is 0.0924. The second-order valence-electron chi connectivity index (χ2n) is 4.37. The summed E-state index contributed by atoms with van der Waals surface area (Å²) in [7, 11) is 1.51. The van der Waals surface area contributed by atoms with Crippen molar-refractivity contribution in [3.63, 3.8) is 0 Å². The Hall–Kier alpha value is -2.28. The highest BCUT2D eigenvalue weighted by Crippen LogP contribution is 2.26. The first-order valence-electron chi connectivity index (χ1n) is 6.31. The number of carbonyl (C=O) groups excluding carboxylic acids is 1. The number of hydrogen-bond acceptors (Lipinski definition) is 3. The minimum absolute atomic E-state index is 0.0191. The number of hydrogen-bond donors (Lipinski definition) is 0. The monoisotopic (exact) mass is 331 g/mol. The molecule has 22 heavy (non-hydrogen) atoms. The Kier molecular flexibility index (Phi) is 5.21. The fraction of sp³-hybridized carbons (Fsp3) is 0.0588. The number of carbonyl (C=O) groups is 1. The number of rotatable bonds is 4. The lowest BCUT2D eigenvalue weighted by Crippen LogP contribution is -2.02. The third kappa shape index (κ3) is 3.48. The topological polar surface area (TPSA) is 50.1 Å². The Balaban J connectivity index is 2.40. The van der Waals surface area contributed by atoms with Gasteiger partial charge in [0.25, 0.3) is 0 Å². The second-order valence-corrected chi connectivity index (χ2v) is 5.19. The van der Waals surface area contributed by atoms with E-state index in [2.05, 4.69) is 0 Å². The van der Waals surface area contributed by atoms with E-state index >= 15 is 0 Å². The number of allylic oxidation sites excluding steroid dienone is 1. The zero-order valence-electron chi connectivity index (χ0n) is 11.6. The molecule has 0 bridgehead atoms. The molecule has 0 heterocycles. The van der Waals surface area contributed by atoms with Gasteiger partial charge in [-0.05, 0) is 35.9 Å². The lowest BCUT2D eigenvalue weighted by molar-refractivity contribution is 0.104. The van der Waals surface area contributed by atoms with E-state index in [1.54, 1.807) is 42.5 Å². The van der Waals surface area contributed by atoms with E-state index < -0.39 is 5.78 Å². The molecule has 0 aromatic heterocycles. The Morgan fingerprint density at radius 2 is 1.91 bits per heavy atom. The molecule has 0 saturated heterocycles. The minimum atomic E-state index is -0.431. The van der Waals surface area contributed by atoms with E-state index in [4.69, 9.17) is 27.9 Å². The third-order valence-electron chi connectivity index (χ3n) is 2.97. The first kappa shape index (κ1) is 16.1. The molecular formula is C17H11Cl2NO2. The quantitative estimate of drug-likeness (QED) is 0.459. The van der Waals surface area contributed by atoms with Crippen molar-refractivity contribution in [2.45, 2.75) is 0 Å². The number of nitrogens with zero attached hydrogens (tertiary/aromatic N) is 1. The highest BCUT2D eigenvalue weighted by Gasteiger charge is 2.15. The van der Waals surface area contributed by atoms with Crippen LogP contribution in [-0.2, 0) is 0 Å². The maximum Gasteiger partial charge on any atom is 0.205 e. The number of nitriles is 1. The van der Waals surface area contributed by atoms with Crippen molar-refractivity contribution in [3.05, 3.63) is 69.2 Å². The van der Waals surface area contributed by atoms with Gasteiger partial charge in [-0.25, -0.2) is 0 Å². The van der Waals surface area contributed by atoms with E-state index in [1.165, 1.54) is 13.2 Å². The molecule has 0 radical (unpaired) electrons. The summed E-state index contributed by atoms with van der Waals surface area (Å²) >= 11 is 12.0. The van der Waals surface area contributed by atoms with Crippen LogP contribution in [0.15, 0.2) is 48.0 Å². The molecule has 0 spiro atoms. The molecule has 0 saturated carbocycles. The molecule has 110 valence electrons. The Bertz CT molecular complexity index is 791. The van der Waals surface area contributed by atoms with E-state index in [0.717, 1.165) is 0 Å². The van der Waals surface area contributed by atoms with Crippen molar-refractivity contribution in [2.24, 2.45) is 0 Å². The number of ether oxygens (including phenoxy) is 1. The zero-order valence-corrected chi connectivity index (χ0v) is 13.2. The smallest absolute Gasteiger partial charge is 0.205 e. The van der Waals surface area contributed by atoms with Gasteiger partial charge in [-0.1, -0.05) is 41.4 Å². The summed E-state index contributed by atoms with van der Waals surface area (Å²) in [6.07, 6.45) is 1.47. The molecule has 0 unspecified atom stereocenters. The molecule has 2 rings (SSSR count). The van der Waals surface area contributed by atoms with Crippen LogP contribution in [-0.4, -0.2) is 12.9 Å². The number of benzene rings is 2. The molecule has 5 heteroatoms. The van der Waals surface area contributed by atoms with Crippen LogP contribution in [0, 0.1) is 11.3 Å². The normalized spacial score (nSPS) is 10.9. The summed E-state index contributed by atoms with van der Waals surface area (Å²) in [6, 6.07) is 13.5. The van der Waals surface area contributed by atoms with Gasteiger partial charge in [-0.2, -0.15) is 5.26 Å². The number of methoxy groups -OCH3 is 1. The third-order valence-corrected chi connectivity index (χ3v) is 3.60. The first-order chi connectivity index (χ1) is 10.6. The summed E-state index contributed by atoms with van der Waals surface area (Å²) in [6.45, 7) is 0. The predicted molar refractivity (Wildman–Crippen MR) is 87.4 cm³/mol. The summed E-state index contributed by atoms with van der Waals surface area (Å²) < 4.78 is 5.06. The van der Waals surface area contributed by atoms with Crippen LogP contribution in [0.4, 0.5) is 0 Å². The van der Waals surface area contributed by atoms with Gasteiger partial charge in [0.15, 0.2) is 0 Å². The SMILES string of the molecule is COc1ccc(/C=C(\C#N)C(=O)c2ccccc2Cl)cc1Cl. The first-order valence-corrected chi connectivity index (χ1v) is 7.07. The number of halogens is 2. The molecule has 2 aromatic rings. The molecule has 0 atom stereocenters. The van der Waals surface area contributed by atoms with E-state index in [-0.39, 0.29) is 11.1 Å². The van der Waals surface area contributed by atoms with E-state index in [9.17, 15) is 10.1 Å². The average molecular weight is 332 g/mol. The van der Waals surface area contributed by atoms with Gasteiger partial charge in [0.2, 0.25) is 5.78 Å². The molecule has 0 aliphatic carbocycles. The highest BCUT2D eigenvalue weighted by atomic mass is 35.5. The van der Waals surface area contributed by atoms with Crippen LogP contribution in [0.2, 0.25) is 10.0 Å². The molecule has 0 N–H and O–H groups in total. The fourth-order valence-corrected chi connectivity index (χ4v) is 2.37. The van der Waals surface area contributed by atoms with E-state index in [1.807, 2.05) is 6.07 Å². The Labute approximate surface area is 138 Å². The van der Waals surface area contributed by atoms with Crippen LogP contribution in [0.25, 0.3) is 6.08 Å². The fourth-order valence-electron chi connectivity index (χ4n) is 1.88. The number of ketones is 1. The molecule has 3 nitrogen and oxygen atoms in total. The van der Waals surface area contributed by atoms with Gasteiger partial charge in [0.1, 0.15) is 17.4 Å². The van der Waals surface area contributed by atoms with Gasteiger partial charge < -0.3 is 4.74 Å². The van der Waals surface area contributed by atoms with Crippen molar-refractivity contribution >= 4 is 35.1 Å². The van der Waals surface area contributed by atoms with Crippen molar-refractivity contribution in [1.82, 2.24) is 0 Å². The maximum atomic E-state index is 12.4. The van der Waals surface area contributed by atoms with Crippen LogP contribution in [0.3, 0.4) is 0 Å². The lowest BCUT2D eigenvalue weighted by atomic mass is 10.0. The Morgan fingerprint density at radius 1 is 1.18 bits per heavy atom. The summed E-state index contributed by atoms with van der Waals surface area (Å²) in [5, 5.41) is 9.95. The minimum Gasteiger partial charge on any atom is -0.495 e. The number of Topliss-reactive ketones (excluding diaryl/α,β-unsaturated/α-hetero) is 1. The van der Waals surface area contributed by atoms with Crippen LogP contribution in [0.1, 0.15) is 15.9 Å². The van der Waals surface area contributed by atoms with Crippen molar-refractivity contribution in [3.8, 4) is 11.8 Å². The second kappa shape index (κ2) is 7.13. The van der Waals surface area contributed by atoms with Crippen LogP contribution in [0.5, 0.6) is 5.75 Å². The van der Waals surface area contributed by atoms with Crippen molar-refractivity contribution in [2.75, 3.05) is 7.11 Å². The van der Waals surface area contributed by atoms with Crippen LogP contribution < -0.4 is 4.74 Å². The average Bonchev–Trinajstić information content (AvgIpc) is 2.52. The van der Waals surface area contributed by atoms with Gasteiger partial charge >= 0.3 is 0 Å². The molecule has 0 amide bonds. The molecular weight excluding hydrogens is 321 g/mol. The van der Waals surface area contributed by atoms with Gasteiger partial charge in [-0.15, -0.1) is 0 Å². The highest BCUT2D eigenvalue weighted by molar-refractivity contribution is 6.35. The molecule has 0 aliphatic heterocycles. The summed E-state index contributed by atoms with van der Waals surface area (Å²) in [4.78, 5) is 12.4. The van der Waals surface area contributed by atoms with E-state index in [0.29, 0.717) is 21.4 Å². The Morgan fingerprint density at radius 3 is 2.50 bits per heavy atom. The largest absolute Gasteiger partial charge is 0.495 e. The van der Waals surface area contributed by atoms with Crippen molar-refractivity contribution in [1.29, 1.82) is 5.26 Å². The lowest BCUT2D eigenvalue weighted by Gasteiger charge is -2.05. The molecule has 0 aliphatic rings. The summed E-state index contributed by atoms with van der Waals surface area (Å²) in [5.41, 5.74) is 0.897. The predicted octanol–water partition coefficient (Wildman–Crippen LogP) is 4.79. The molecule has 0 fully saturated rings. The van der Waals surface area contributed by atoms with Gasteiger partial charge in [-0.3, -0.25) is 4.79 Å². The zero-order chi connectivity index (χ0) is 16.1. The standard InChI is InChI=1S/C17H11Cl2NO2/c1-22-16-7-6-11(9-15(16)19)8-12(10-20)17(21)13-4-2-3-5-14(13)18/h2-9H,1H3/b12-8+. The maximum absolute atomic E-state index is 12.4. The van der Waals surface area contributed by atoms with Crippen molar-refractivity contribution < 1.29 is 9.53 Å². The molecule has 2 aromatic carbocycles.